The monoisotopic (exact) mass is 436 g/mol. The molecule has 3 aromatic rings. The molecule has 0 aliphatic carbocycles. The summed E-state index contributed by atoms with van der Waals surface area (Å²) in [5.74, 6) is -1.34. The molecule has 0 radical (unpaired) electrons. The summed E-state index contributed by atoms with van der Waals surface area (Å²) < 4.78 is 19.6. The Labute approximate surface area is 183 Å². The van der Waals surface area contributed by atoms with Crippen molar-refractivity contribution in [3.63, 3.8) is 0 Å². The molecule has 0 saturated carbocycles. The molecule has 0 atom stereocenters. The van der Waals surface area contributed by atoms with Crippen molar-refractivity contribution in [1.29, 1.82) is 0 Å². The SMILES string of the molecule is COc1ccc(C2=C(Nc3cc(Cl)ccc3C)C(=O)N(c3ccccc3F)C2=O)cc1. The number of nitrogens with one attached hydrogen (secondary N) is 1. The predicted molar refractivity (Wildman–Crippen MR) is 119 cm³/mol. The zero-order valence-corrected chi connectivity index (χ0v) is 17.5. The first-order valence-electron chi connectivity index (χ1n) is 9.46. The van der Waals surface area contributed by atoms with E-state index in [0.29, 0.717) is 22.0 Å². The van der Waals surface area contributed by atoms with Crippen LogP contribution in [0.15, 0.2) is 72.4 Å². The standard InChI is InChI=1S/C24H18ClFN2O3/c1-14-7-10-16(25)13-19(14)27-22-21(15-8-11-17(31-2)12-9-15)23(29)28(24(22)30)20-6-4-3-5-18(20)26/h3-13,27H,1-2H3. The lowest BCUT2D eigenvalue weighted by atomic mass is 10.0. The number of hydrogen-bond donors (Lipinski definition) is 1. The fourth-order valence-corrected chi connectivity index (χ4v) is 3.56. The van der Waals surface area contributed by atoms with Crippen LogP contribution in [0, 0.1) is 12.7 Å². The number of ether oxygens (including phenoxy) is 1. The average molecular weight is 437 g/mol. The number of benzene rings is 3. The summed E-state index contributed by atoms with van der Waals surface area (Å²) in [4.78, 5) is 27.5. The molecule has 0 spiro atoms. The molecule has 4 rings (SSSR count). The molecular weight excluding hydrogens is 419 g/mol. The number of carbonyl (C=O) groups is 2. The third-order valence-electron chi connectivity index (χ3n) is 5.02. The second kappa shape index (κ2) is 8.24. The lowest BCUT2D eigenvalue weighted by molar-refractivity contribution is -0.120. The highest BCUT2D eigenvalue weighted by atomic mass is 35.5. The van der Waals surface area contributed by atoms with Gasteiger partial charge in [0, 0.05) is 10.7 Å². The van der Waals surface area contributed by atoms with Crippen LogP contribution in [-0.4, -0.2) is 18.9 Å². The van der Waals surface area contributed by atoms with Crippen LogP contribution in [0.3, 0.4) is 0 Å². The quantitative estimate of drug-likeness (QED) is 0.559. The van der Waals surface area contributed by atoms with E-state index in [1.807, 2.05) is 6.92 Å². The summed E-state index contributed by atoms with van der Waals surface area (Å²) in [7, 11) is 1.54. The van der Waals surface area contributed by atoms with Crippen molar-refractivity contribution < 1.29 is 18.7 Å². The van der Waals surface area contributed by atoms with E-state index in [2.05, 4.69) is 5.32 Å². The number of rotatable bonds is 5. The van der Waals surface area contributed by atoms with Crippen molar-refractivity contribution in [1.82, 2.24) is 0 Å². The fraction of sp³-hybridized carbons (Fsp3) is 0.0833. The maximum Gasteiger partial charge on any atom is 0.282 e. The van der Waals surface area contributed by atoms with Crippen molar-refractivity contribution in [2.24, 2.45) is 0 Å². The maximum atomic E-state index is 14.5. The minimum atomic E-state index is -0.668. The van der Waals surface area contributed by atoms with Gasteiger partial charge in [0.05, 0.1) is 18.4 Å². The first-order chi connectivity index (χ1) is 14.9. The van der Waals surface area contributed by atoms with E-state index in [4.69, 9.17) is 16.3 Å². The molecule has 5 nitrogen and oxygen atoms in total. The second-order valence-electron chi connectivity index (χ2n) is 6.96. The smallest absolute Gasteiger partial charge is 0.282 e. The van der Waals surface area contributed by atoms with Crippen LogP contribution < -0.4 is 15.0 Å². The van der Waals surface area contributed by atoms with Crippen molar-refractivity contribution in [2.45, 2.75) is 6.92 Å². The number of halogens is 2. The van der Waals surface area contributed by atoms with E-state index in [0.717, 1.165) is 10.5 Å². The average Bonchev–Trinajstić information content (AvgIpc) is 3.01. The minimum Gasteiger partial charge on any atom is -0.497 e. The number of para-hydroxylation sites is 1. The second-order valence-corrected chi connectivity index (χ2v) is 7.40. The molecular formula is C24H18ClFN2O3. The Morgan fingerprint density at radius 3 is 2.35 bits per heavy atom. The number of aryl methyl sites for hydroxylation is 1. The first-order valence-corrected chi connectivity index (χ1v) is 9.83. The van der Waals surface area contributed by atoms with Crippen LogP contribution >= 0.6 is 11.6 Å². The Morgan fingerprint density at radius 1 is 0.968 bits per heavy atom. The normalized spacial score (nSPS) is 13.7. The third-order valence-corrected chi connectivity index (χ3v) is 5.25. The maximum absolute atomic E-state index is 14.5. The molecule has 1 aliphatic rings. The van der Waals surface area contributed by atoms with Crippen LogP contribution in [0.25, 0.3) is 5.57 Å². The van der Waals surface area contributed by atoms with E-state index in [9.17, 15) is 14.0 Å². The molecule has 0 saturated heterocycles. The summed E-state index contributed by atoms with van der Waals surface area (Å²) in [6.45, 7) is 1.85. The Kier molecular flexibility index (Phi) is 5.48. The van der Waals surface area contributed by atoms with Crippen LogP contribution in [0.5, 0.6) is 5.75 Å². The zero-order valence-electron chi connectivity index (χ0n) is 16.8. The molecule has 0 unspecified atom stereocenters. The predicted octanol–water partition coefficient (Wildman–Crippen LogP) is 5.19. The van der Waals surface area contributed by atoms with Crippen LogP contribution in [0.4, 0.5) is 15.8 Å². The molecule has 31 heavy (non-hydrogen) atoms. The summed E-state index contributed by atoms with van der Waals surface area (Å²) in [5.41, 5.74) is 1.97. The lowest BCUT2D eigenvalue weighted by Crippen LogP contribution is -2.33. The van der Waals surface area contributed by atoms with Crippen molar-refractivity contribution in [3.05, 3.63) is 94.4 Å². The number of carbonyl (C=O) groups excluding carboxylic acids is 2. The van der Waals surface area contributed by atoms with Gasteiger partial charge in [0.15, 0.2) is 0 Å². The van der Waals surface area contributed by atoms with Gasteiger partial charge in [-0.05, 0) is 54.4 Å². The number of hydrogen-bond acceptors (Lipinski definition) is 4. The lowest BCUT2D eigenvalue weighted by Gasteiger charge is -2.16. The van der Waals surface area contributed by atoms with Gasteiger partial charge in [-0.3, -0.25) is 9.59 Å². The highest BCUT2D eigenvalue weighted by Crippen LogP contribution is 2.36. The minimum absolute atomic E-state index is 0.0452. The van der Waals surface area contributed by atoms with Crippen LogP contribution in [-0.2, 0) is 9.59 Å². The number of imide groups is 1. The Morgan fingerprint density at radius 2 is 1.68 bits per heavy atom. The van der Waals surface area contributed by atoms with Crippen molar-refractivity contribution in [3.8, 4) is 5.75 Å². The first kappa shape index (κ1) is 20.6. The van der Waals surface area contributed by atoms with Gasteiger partial charge in [0.1, 0.15) is 17.3 Å². The molecule has 1 N–H and O–H groups in total. The summed E-state index contributed by atoms with van der Waals surface area (Å²) >= 11 is 6.12. The van der Waals surface area contributed by atoms with Gasteiger partial charge in [-0.2, -0.15) is 0 Å². The largest absolute Gasteiger partial charge is 0.497 e. The van der Waals surface area contributed by atoms with Gasteiger partial charge < -0.3 is 10.1 Å². The van der Waals surface area contributed by atoms with E-state index >= 15 is 0 Å². The third kappa shape index (κ3) is 3.78. The summed E-state index contributed by atoms with van der Waals surface area (Å²) in [6, 6.07) is 17.6. The molecule has 3 aromatic carbocycles. The van der Waals surface area contributed by atoms with E-state index in [1.54, 1.807) is 48.5 Å². The molecule has 0 aromatic heterocycles. The molecule has 0 fully saturated rings. The van der Waals surface area contributed by atoms with E-state index < -0.39 is 17.6 Å². The molecule has 2 amide bonds. The number of methoxy groups -OCH3 is 1. The Bertz CT molecular complexity index is 1220. The van der Waals surface area contributed by atoms with E-state index in [1.165, 1.54) is 25.3 Å². The number of nitrogens with zero attached hydrogens (tertiary/aromatic N) is 1. The van der Waals surface area contributed by atoms with Gasteiger partial charge in [-0.25, -0.2) is 9.29 Å². The molecule has 0 bridgehead atoms. The topological polar surface area (TPSA) is 58.6 Å². The molecule has 7 heteroatoms. The van der Waals surface area contributed by atoms with Gasteiger partial charge in [0.2, 0.25) is 0 Å². The molecule has 156 valence electrons. The fourth-order valence-electron chi connectivity index (χ4n) is 3.39. The number of amides is 2. The van der Waals surface area contributed by atoms with Gasteiger partial charge >= 0.3 is 0 Å². The highest BCUT2D eigenvalue weighted by Gasteiger charge is 2.41. The van der Waals surface area contributed by atoms with Crippen LogP contribution in [0.2, 0.25) is 5.02 Å². The summed E-state index contributed by atoms with van der Waals surface area (Å²) in [5, 5.41) is 3.53. The Balaban J connectivity index is 1.86. The van der Waals surface area contributed by atoms with Crippen LogP contribution in [0.1, 0.15) is 11.1 Å². The highest BCUT2D eigenvalue weighted by molar-refractivity contribution is 6.46. The van der Waals surface area contributed by atoms with Gasteiger partial charge in [0.25, 0.3) is 11.8 Å². The number of anilines is 2. The van der Waals surface area contributed by atoms with E-state index in [-0.39, 0.29) is 17.0 Å². The van der Waals surface area contributed by atoms with Crippen molar-refractivity contribution >= 4 is 40.4 Å². The summed E-state index contributed by atoms with van der Waals surface area (Å²) in [6.07, 6.45) is 0. The van der Waals surface area contributed by atoms with Gasteiger partial charge in [-0.15, -0.1) is 0 Å². The molecule has 1 heterocycles. The molecule has 1 aliphatic heterocycles. The zero-order chi connectivity index (χ0) is 22.1. The van der Waals surface area contributed by atoms with Crippen molar-refractivity contribution in [2.75, 3.05) is 17.3 Å². The Hall–Kier alpha value is -3.64. The van der Waals surface area contributed by atoms with Gasteiger partial charge in [-0.1, -0.05) is 41.9 Å².